The summed E-state index contributed by atoms with van der Waals surface area (Å²) in [5, 5.41) is 0. The molecule has 0 amide bonds. The number of esters is 1. The summed E-state index contributed by atoms with van der Waals surface area (Å²) in [4.78, 5) is 24.5. The van der Waals surface area contributed by atoms with E-state index in [0.29, 0.717) is 6.42 Å². The number of ketones is 1. The van der Waals surface area contributed by atoms with Crippen molar-refractivity contribution in [3.8, 4) is 0 Å². The van der Waals surface area contributed by atoms with Crippen LogP contribution in [0.15, 0.2) is 35.6 Å². The number of carbonyl (C=O) groups is 2. The fraction of sp³-hybridized carbons (Fsp3) is 0.444. The van der Waals surface area contributed by atoms with Crippen LogP contribution in [0.25, 0.3) is 0 Å². The molecule has 0 fully saturated rings. The van der Waals surface area contributed by atoms with Crippen molar-refractivity contribution in [2.45, 2.75) is 45.2 Å². The summed E-state index contributed by atoms with van der Waals surface area (Å²) < 4.78 is 45.2. The summed E-state index contributed by atoms with van der Waals surface area (Å²) in [6, 6.07) is 5.10. The Bertz CT molecular complexity index is 744. The van der Waals surface area contributed by atoms with E-state index in [1.54, 1.807) is 0 Å². The van der Waals surface area contributed by atoms with Gasteiger partial charge < -0.3 is 4.74 Å². The van der Waals surface area contributed by atoms with E-state index in [0.717, 1.165) is 6.07 Å². The first-order chi connectivity index (χ1) is 11.1. The number of allylic oxidation sites excluding steroid dienone is 2. The third kappa shape index (κ3) is 2.97. The number of carbonyl (C=O) groups excluding carboxylic acids is 2. The molecule has 3 nitrogen and oxygen atoms in total. The highest BCUT2D eigenvalue weighted by Gasteiger charge is 2.44. The van der Waals surface area contributed by atoms with Gasteiger partial charge >= 0.3 is 12.1 Å². The van der Waals surface area contributed by atoms with E-state index >= 15 is 0 Å². The first-order valence-corrected chi connectivity index (χ1v) is 7.71. The number of benzene rings is 1. The maximum Gasteiger partial charge on any atom is 0.416 e. The predicted octanol–water partition coefficient (Wildman–Crippen LogP) is 4.38. The van der Waals surface area contributed by atoms with Gasteiger partial charge in [-0.15, -0.1) is 0 Å². The summed E-state index contributed by atoms with van der Waals surface area (Å²) in [7, 11) is 0. The Morgan fingerprint density at radius 1 is 1.12 bits per heavy atom. The van der Waals surface area contributed by atoms with Crippen LogP contribution in [0.4, 0.5) is 13.2 Å². The van der Waals surface area contributed by atoms with E-state index < -0.39 is 23.6 Å². The average Bonchev–Trinajstić information content (AvgIpc) is 2.43. The molecule has 3 rings (SSSR count). The predicted molar refractivity (Wildman–Crippen MR) is 79.9 cm³/mol. The lowest BCUT2D eigenvalue weighted by atomic mass is 9.70. The van der Waals surface area contributed by atoms with Gasteiger partial charge in [0.05, 0.1) is 12.0 Å². The molecule has 6 heteroatoms. The molecule has 0 bridgehead atoms. The van der Waals surface area contributed by atoms with Crippen LogP contribution >= 0.6 is 0 Å². The van der Waals surface area contributed by atoms with Crippen molar-refractivity contribution in [2.24, 2.45) is 5.41 Å². The molecule has 0 spiro atoms. The first-order valence-electron chi connectivity index (χ1n) is 7.71. The molecule has 128 valence electrons. The number of halogens is 3. The molecule has 1 aliphatic heterocycles. The van der Waals surface area contributed by atoms with Gasteiger partial charge in [-0.3, -0.25) is 9.59 Å². The molecule has 1 aromatic rings. The van der Waals surface area contributed by atoms with Crippen molar-refractivity contribution in [3.63, 3.8) is 0 Å². The lowest BCUT2D eigenvalue weighted by Crippen LogP contribution is -2.34. The molecule has 24 heavy (non-hydrogen) atoms. The monoisotopic (exact) mass is 338 g/mol. The van der Waals surface area contributed by atoms with Crippen LogP contribution in [0.1, 0.15) is 50.2 Å². The molecular weight excluding hydrogens is 321 g/mol. The van der Waals surface area contributed by atoms with Gasteiger partial charge in [0.2, 0.25) is 0 Å². The molecule has 1 aromatic carbocycles. The number of rotatable bonds is 1. The van der Waals surface area contributed by atoms with Gasteiger partial charge in [-0.25, -0.2) is 0 Å². The Hall–Kier alpha value is -2.11. The van der Waals surface area contributed by atoms with Gasteiger partial charge in [-0.1, -0.05) is 32.0 Å². The van der Waals surface area contributed by atoms with Crippen molar-refractivity contribution in [1.29, 1.82) is 0 Å². The van der Waals surface area contributed by atoms with Crippen molar-refractivity contribution >= 4 is 11.8 Å². The van der Waals surface area contributed by atoms with E-state index in [1.165, 1.54) is 18.2 Å². The van der Waals surface area contributed by atoms with Crippen LogP contribution in [0.3, 0.4) is 0 Å². The van der Waals surface area contributed by atoms with E-state index in [1.807, 2.05) is 13.8 Å². The van der Waals surface area contributed by atoms with Gasteiger partial charge in [0.25, 0.3) is 0 Å². The summed E-state index contributed by atoms with van der Waals surface area (Å²) in [6.07, 6.45) is -4.20. The first kappa shape index (κ1) is 16.7. The smallest absolute Gasteiger partial charge is 0.416 e. The summed E-state index contributed by atoms with van der Waals surface area (Å²) in [5.41, 5.74) is -0.997. The quantitative estimate of drug-likeness (QED) is 0.714. The molecule has 1 unspecified atom stereocenters. The van der Waals surface area contributed by atoms with Gasteiger partial charge in [0, 0.05) is 24.3 Å². The Labute approximate surface area is 137 Å². The highest BCUT2D eigenvalue weighted by Crippen LogP contribution is 2.48. The number of Topliss-reactive ketones (excluding diaryl/α,β-unsaturated/α-hetero) is 1. The highest BCUT2D eigenvalue weighted by molar-refractivity contribution is 6.00. The van der Waals surface area contributed by atoms with Gasteiger partial charge in [0.1, 0.15) is 5.76 Å². The minimum atomic E-state index is -4.55. The fourth-order valence-corrected chi connectivity index (χ4v) is 3.53. The van der Waals surface area contributed by atoms with E-state index in [2.05, 4.69) is 0 Å². The minimum absolute atomic E-state index is 0.0396. The summed E-state index contributed by atoms with van der Waals surface area (Å²) >= 11 is 0. The van der Waals surface area contributed by atoms with Crippen LogP contribution in [0.2, 0.25) is 0 Å². The molecule has 2 aliphatic rings. The molecule has 0 radical (unpaired) electrons. The van der Waals surface area contributed by atoms with Crippen LogP contribution in [-0.2, 0) is 20.5 Å². The molecule has 1 heterocycles. The zero-order chi connectivity index (χ0) is 17.7. The second-order valence-corrected chi connectivity index (χ2v) is 7.09. The molecule has 0 N–H and O–H groups in total. The maximum absolute atomic E-state index is 13.3. The SMILES string of the molecule is CC1(C)CC(=O)C2=C(C1)OC(=O)CC2c1ccccc1C(F)(F)F. The average molecular weight is 338 g/mol. The Morgan fingerprint density at radius 2 is 1.79 bits per heavy atom. The minimum Gasteiger partial charge on any atom is -0.431 e. The van der Waals surface area contributed by atoms with Crippen molar-refractivity contribution in [1.82, 2.24) is 0 Å². The fourth-order valence-electron chi connectivity index (χ4n) is 3.53. The third-order valence-corrected chi connectivity index (χ3v) is 4.48. The molecule has 0 saturated heterocycles. The van der Waals surface area contributed by atoms with Crippen LogP contribution < -0.4 is 0 Å². The lowest BCUT2D eigenvalue weighted by Gasteiger charge is -2.37. The maximum atomic E-state index is 13.3. The van der Waals surface area contributed by atoms with Crippen LogP contribution in [-0.4, -0.2) is 11.8 Å². The molecule has 0 saturated carbocycles. The van der Waals surface area contributed by atoms with Gasteiger partial charge in [-0.05, 0) is 17.0 Å². The van der Waals surface area contributed by atoms with Crippen molar-refractivity contribution in [3.05, 3.63) is 46.7 Å². The van der Waals surface area contributed by atoms with Gasteiger partial charge in [0.15, 0.2) is 5.78 Å². The number of hydrogen-bond acceptors (Lipinski definition) is 3. The standard InChI is InChI=1S/C18H17F3O3/c1-17(2)8-13(22)16-11(7-15(23)24-14(16)9-17)10-5-3-4-6-12(10)18(19,20)21/h3-6,11H,7-9H2,1-2H3. The molecule has 1 atom stereocenters. The second-order valence-electron chi connectivity index (χ2n) is 7.09. The van der Waals surface area contributed by atoms with Crippen LogP contribution in [0, 0.1) is 5.41 Å². The second kappa shape index (κ2) is 5.46. The Kier molecular flexibility index (Phi) is 3.81. The van der Waals surface area contributed by atoms with Crippen molar-refractivity contribution in [2.75, 3.05) is 0 Å². The Balaban J connectivity index is 2.15. The normalized spacial score (nSPS) is 23.8. The molecule has 0 aromatic heterocycles. The number of alkyl halides is 3. The summed E-state index contributed by atoms with van der Waals surface area (Å²) in [5.74, 6) is -1.51. The van der Waals surface area contributed by atoms with Gasteiger partial charge in [-0.2, -0.15) is 13.2 Å². The topological polar surface area (TPSA) is 43.4 Å². The Morgan fingerprint density at radius 3 is 2.46 bits per heavy atom. The van der Waals surface area contributed by atoms with Crippen LogP contribution in [0.5, 0.6) is 0 Å². The lowest BCUT2D eigenvalue weighted by molar-refractivity contribution is -0.144. The summed E-state index contributed by atoms with van der Waals surface area (Å²) in [6.45, 7) is 3.74. The van der Waals surface area contributed by atoms with E-state index in [-0.39, 0.29) is 40.9 Å². The zero-order valence-electron chi connectivity index (χ0n) is 13.4. The van der Waals surface area contributed by atoms with E-state index in [9.17, 15) is 22.8 Å². The van der Waals surface area contributed by atoms with Crippen molar-refractivity contribution < 1.29 is 27.5 Å². The van der Waals surface area contributed by atoms with E-state index in [4.69, 9.17) is 4.74 Å². The largest absolute Gasteiger partial charge is 0.431 e. The number of hydrogen-bond donors (Lipinski definition) is 0. The highest BCUT2D eigenvalue weighted by atomic mass is 19.4. The molecule has 1 aliphatic carbocycles. The zero-order valence-corrected chi connectivity index (χ0v) is 13.4. The third-order valence-electron chi connectivity index (χ3n) is 4.48. The molecular formula is C18H17F3O3. The number of ether oxygens (including phenoxy) is 1.